The number of rotatable bonds is 6. The van der Waals surface area contributed by atoms with E-state index in [4.69, 9.17) is 10.8 Å². The molecule has 0 radical (unpaired) electrons. The second-order valence-corrected chi connectivity index (χ2v) is 11.2. The van der Waals surface area contributed by atoms with Gasteiger partial charge in [0.2, 0.25) is 15.9 Å². The third-order valence-corrected chi connectivity index (χ3v) is 7.77. The SMILES string of the molecule is CS(=O)(=O)N1CCN(C(=O)/C=C/C=C(\S)c2ccc(=N)n(C(=N)C(F)(F)c3ccc4ncccc4c3)n2)CC1. The average molecular weight is 574 g/mol. The number of carbonyl (C=O) groups excluding carboxylic acids is 1. The monoisotopic (exact) mass is 573 g/mol. The van der Waals surface area contributed by atoms with Crippen LogP contribution in [0, 0.1) is 10.8 Å². The largest absolute Gasteiger partial charge is 0.337 e. The Hall–Kier alpha value is -3.75. The number of sulfonamides is 1. The minimum absolute atomic E-state index is 0.108. The Morgan fingerprint density at radius 3 is 2.54 bits per heavy atom. The van der Waals surface area contributed by atoms with Gasteiger partial charge < -0.3 is 4.90 Å². The highest BCUT2D eigenvalue weighted by Gasteiger charge is 2.39. The van der Waals surface area contributed by atoms with E-state index in [1.807, 2.05) is 0 Å². The number of pyridine rings is 1. The zero-order valence-electron chi connectivity index (χ0n) is 20.8. The first-order valence-electron chi connectivity index (χ1n) is 11.7. The molecule has 204 valence electrons. The maximum Gasteiger partial charge on any atom is 0.331 e. The van der Waals surface area contributed by atoms with Gasteiger partial charge in [-0.15, -0.1) is 12.6 Å². The first kappa shape index (κ1) is 28.3. The second-order valence-electron chi connectivity index (χ2n) is 8.75. The molecule has 0 spiro atoms. The van der Waals surface area contributed by atoms with Gasteiger partial charge >= 0.3 is 5.92 Å². The van der Waals surface area contributed by atoms with Crippen LogP contribution in [0.3, 0.4) is 0 Å². The lowest BCUT2D eigenvalue weighted by atomic mass is 10.0. The van der Waals surface area contributed by atoms with Gasteiger partial charge in [0, 0.05) is 54.3 Å². The number of thiol groups is 1. The number of benzene rings is 1. The molecular formula is C25H25F2N7O3S2. The fourth-order valence-corrected chi connectivity index (χ4v) is 4.96. The van der Waals surface area contributed by atoms with Gasteiger partial charge in [-0.25, -0.2) is 8.42 Å². The Balaban J connectivity index is 1.50. The molecule has 1 aliphatic heterocycles. The molecule has 1 aromatic carbocycles. The molecule has 1 fully saturated rings. The fraction of sp³-hybridized carbons (Fsp3) is 0.240. The van der Waals surface area contributed by atoms with Crippen molar-refractivity contribution in [1.82, 2.24) is 24.0 Å². The summed E-state index contributed by atoms with van der Waals surface area (Å²) in [6.07, 6.45) is 6.80. The summed E-state index contributed by atoms with van der Waals surface area (Å²) in [5.74, 6) is -5.29. The number of fused-ring (bicyclic) bond motifs is 1. The number of aromatic nitrogens is 3. The maximum absolute atomic E-state index is 15.3. The maximum atomic E-state index is 15.3. The number of hydrogen-bond acceptors (Lipinski definition) is 8. The normalized spacial score (nSPS) is 15.7. The van der Waals surface area contributed by atoms with Crippen LogP contribution in [0.15, 0.2) is 66.9 Å². The van der Waals surface area contributed by atoms with E-state index in [-0.39, 0.29) is 42.7 Å². The number of alkyl halides is 2. The molecule has 10 nitrogen and oxygen atoms in total. The molecule has 2 aromatic heterocycles. The standard InChI is InChI=1S/C25H25F2N7O3S2/c1-39(36,37)33-14-12-32(13-15-33)23(35)6-2-5-21(38)20-9-10-22(28)34(31-20)24(29)25(26,27)18-7-8-19-17(16-18)4-3-11-30-19/h2-11,16,28-29,38H,12-15H2,1H3/b6-2+,21-5-,28-22?,29-24?. The van der Waals surface area contributed by atoms with Crippen molar-refractivity contribution >= 4 is 50.2 Å². The lowest BCUT2D eigenvalue weighted by molar-refractivity contribution is -0.127. The predicted molar refractivity (Wildman–Crippen MR) is 146 cm³/mol. The van der Waals surface area contributed by atoms with Gasteiger partial charge in [-0.05, 0) is 36.4 Å². The summed E-state index contributed by atoms with van der Waals surface area (Å²) in [6, 6.07) is 9.75. The van der Waals surface area contributed by atoms with Crippen LogP contribution in [0.4, 0.5) is 8.78 Å². The third-order valence-electron chi connectivity index (χ3n) is 6.08. The first-order chi connectivity index (χ1) is 18.4. The lowest BCUT2D eigenvalue weighted by Crippen LogP contribution is -2.49. The Morgan fingerprint density at radius 2 is 1.85 bits per heavy atom. The number of amides is 1. The quantitative estimate of drug-likeness (QED) is 0.137. The van der Waals surface area contributed by atoms with Crippen LogP contribution in [0.2, 0.25) is 0 Å². The lowest BCUT2D eigenvalue weighted by Gasteiger charge is -2.32. The molecule has 3 aromatic rings. The van der Waals surface area contributed by atoms with Gasteiger partial charge in [-0.1, -0.05) is 18.2 Å². The van der Waals surface area contributed by atoms with Gasteiger partial charge in [-0.2, -0.15) is 22.9 Å². The summed E-state index contributed by atoms with van der Waals surface area (Å²) in [7, 11) is -3.31. The van der Waals surface area contributed by atoms with E-state index in [1.54, 1.807) is 18.3 Å². The van der Waals surface area contributed by atoms with Crippen LogP contribution in [0.25, 0.3) is 15.8 Å². The van der Waals surface area contributed by atoms with Crippen molar-refractivity contribution in [2.75, 3.05) is 32.4 Å². The Bertz CT molecular complexity index is 1660. The molecule has 0 bridgehead atoms. The fourth-order valence-electron chi connectivity index (χ4n) is 3.92. The Morgan fingerprint density at radius 1 is 1.13 bits per heavy atom. The predicted octanol–water partition coefficient (Wildman–Crippen LogP) is 2.46. The van der Waals surface area contributed by atoms with E-state index < -0.39 is 32.8 Å². The van der Waals surface area contributed by atoms with Crippen molar-refractivity contribution in [1.29, 1.82) is 10.8 Å². The van der Waals surface area contributed by atoms with Gasteiger partial charge in [0.1, 0.15) is 5.49 Å². The van der Waals surface area contributed by atoms with Crippen LogP contribution in [0.1, 0.15) is 11.3 Å². The first-order valence-corrected chi connectivity index (χ1v) is 14.0. The molecule has 1 saturated heterocycles. The molecule has 1 amide bonds. The van der Waals surface area contributed by atoms with E-state index in [2.05, 4.69) is 22.7 Å². The minimum Gasteiger partial charge on any atom is -0.337 e. The van der Waals surface area contributed by atoms with Crippen molar-refractivity contribution in [2.24, 2.45) is 0 Å². The topological polar surface area (TPSA) is 136 Å². The van der Waals surface area contributed by atoms with Crippen LogP contribution in [-0.2, 0) is 20.7 Å². The van der Waals surface area contributed by atoms with Crippen LogP contribution in [-0.4, -0.2) is 76.6 Å². The summed E-state index contributed by atoms with van der Waals surface area (Å²) < 4.78 is 55.7. The molecule has 0 unspecified atom stereocenters. The number of nitrogens with one attached hydrogen (secondary N) is 2. The number of halogens is 2. The number of carbonyl (C=O) groups is 1. The van der Waals surface area contributed by atoms with Crippen molar-refractivity contribution < 1.29 is 22.0 Å². The van der Waals surface area contributed by atoms with E-state index in [0.29, 0.717) is 15.6 Å². The Kier molecular flexibility index (Phi) is 8.09. The van der Waals surface area contributed by atoms with Crippen LogP contribution < -0.4 is 5.49 Å². The molecule has 3 heterocycles. The highest BCUT2D eigenvalue weighted by atomic mass is 32.2. The summed E-state index contributed by atoms with van der Waals surface area (Å²) in [5, 5.41) is 20.7. The molecule has 2 N–H and O–H groups in total. The highest BCUT2D eigenvalue weighted by Crippen LogP contribution is 2.31. The molecule has 4 rings (SSSR count). The van der Waals surface area contributed by atoms with Crippen molar-refractivity contribution in [3.8, 4) is 0 Å². The molecule has 39 heavy (non-hydrogen) atoms. The number of allylic oxidation sites excluding steroid dienone is 2. The van der Waals surface area contributed by atoms with E-state index in [9.17, 15) is 13.2 Å². The van der Waals surface area contributed by atoms with E-state index in [1.165, 1.54) is 57.8 Å². The smallest absolute Gasteiger partial charge is 0.331 e. The minimum atomic E-state index is -3.76. The molecule has 1 aliphatic rings. The molecule has 0 atom stereocenters. The zero-order valence-corrected chi connectivity index (χ0v) is 22.5. The summed E-state index contributed by atoms with van der Waals surface area (Å²) in [6.45, 7) is 0.929. The van der Waals surface area contributed by atoms with Gasteiger partial charge in [-0.3, -0.25) is 20.6 Å². The molecule has 0 saturated carbocycles. The average Bonchev–Trinajstić information content (AvgIpc) is 2.92. The number of piperazine rings is 1. The van der Waals surface area contributed by atoms with Crippen molar-refractivity contribution in [2.45, 2.75) is 5.92 Å². The van der Waals surface area contributed by atoms with Crippen molar-refractivity contribution in [3.05, 3.63) is 83.6 Å². The number of hydrogen-bond donors (Lipinski definition) is 3. The van der Waals surface area contributed by atoms with E-state index >= 15 is 8.78 Å². The summed E-state index contributed by atoms with van der Waals surface area (Å²) in [5.41, 5.74) is -0.222. The second kappa shape index (κ2) is 11.2. The highest BCUT2D eigenvalue weighted by molar-refractivity contribution is 7.90. The summed E-state index contributed by atoms with van der Waals surface area (Å²) >= 11 is 4.34. The summed E-state index contributed by atoms with van der Waals surface area (Å²) in [4.78, 5) is 18.3. The van der Waals surface area contributed by atoms with Crippen LogP contribution >= 0.6 is 12.6 Å². The Labute approximate surface area is 228 Å². The molecule has 14 heteroatoms. The zero-order chi connectivity index (χ0) is 28.4. The molecular weight excluding hydrogens is 548 g/mol. The van der Waals surface area contributed by atoms with Gasteiger partial charge in [0.15, 0.2) is 5.84 Å². The van der Waals surface area contributed by atoms with Gasteiger partial charge in [0.05, 0.1) is 17.5 Å². The number of nitrogens with zero attached hydrogens (tertiary/aromatic N) is 5. The van der Waals surface area contributed by atoms with Crippen molar-refractivity contribution in [3.63, 3.8) is 0 Å². The molecule has 0 aliphatic carbocycles. The van der Waals surface area contributed by atoms with Gasteiger partial charge in [0.25, 0.3) is 0 Å². The third kappa shape index (κ3) is 6.29. The van der Waals surface area contributed by atoms with Crippen LogP contribution in [0.5, 0.6) is 0 Å². The van der Waals surface area contributed by atoms with E-state index in [0.717, 1.165) is 6.26 Å².